The van der Waals surface area contributed by atoms with Crippen molar-refractivity contribution in [3.05, 3.63) is 12.2 Å². The molecular formula is C4H12Cl2N2. The Kier molecular flexibility index (Phi) is 30.8. The fourth-order valence-corrected chi connectivity index (χ4v) is 0.192. The SMILES string of the molecule is Cl.Cl.NCC=CCN. The Labute approximate surface area is 62.1 Å². The van der Waals surface area contributed by atoms with E-state index < -0.39 is 0 Å². The van der Waals surface area contributed by atoms with Crippen molar-refractivity contribution in [2.24, 2.45) is 11.5 Å². The maximum Gasteiger partial charge on any atom is 0.0107 e. The normalized spacial score (nSPS) is 7.75. The van der Waals surface area contributed by atoms with Gasteiger partial charge in [-0.15, -0.1) is 24.8 Å². The Bertz CT molecular complexity index is 41.3. The zero-order valence-corrected chi connectivity index (χ0v) is 6.17. The van der Waals surface area contributed by atoms with E-state index in [1.807, 2.05) is 12.2 Å². The standard InChI is InChI=1S/C4H10N2.2ClH/c5-3-1-2-4-6;;/h1-2H,3-6H2;2*1H. The minimum absolute atomic E-state index is 0. The first-order valence-corrected chi connectivity index (χ1v) is 1.97. The van der Waals surface area contributed by atoms with Crippen molar-refractivity contribution in [1.82, 2.24) is 0 Å². The minimum atomic E-state index is 0. The fraction of sp³-hybridized carbons (Fsp3) is 0.500. The van der Waals surface area contributed by atoms with Gasteiger partial charge in [0, 0.05) is 13.1 Å². The Balaban J connectivity index is -0.000000125. The van der Waals surface area contributed by atoms with E-state index in [1.165, 1.54) is 0 Å². The highest BCUT2D eigenvalue weighted by atomic mass is 35.5. The van der Waals surface area contributed by atoms with Crippen LogP contribution in [0.4, 0.5) is 0 Å². The van der Waals surface area contributed by atoms with Crippen molar-refractivity contribution in [2.45, 2.75) is 0 Å². The highest BCUT2D eigenvalue weighted by Gasteiger charge is 1.59. The van der Waals surface area contributed by atoms with Crippen LogP contribution in [0.2, 0.25) is 0 Å². The van der Waals surface area contributed by atoms with Gasteiger partial charge in [-0.2, -0.15) is 0 Å². The smallest absolute Gasteiger partial charge is 0.0107 e. The van der Waals surface area contributed by atoms with Crippen molar-refractivity contribution < 1.29 is 0 Å². The van der Waals surface area contributed by atoms with Crippen LogP contribution in [0.15, 0.2) is 12.2 Å². The highest BCUT2D eigenvalue weighted by Crippen LogP contribution is 1.58. The summed E-state index contributed by atoms with van der Waals surface area (Å²) in [7, 11) is 0. The number of halogens is 2. The van der Waals surface area contributed by atoms with E-state index in [4.69, 9.17) is 11.5 Å². The first-order valence-electron chi connectivity index (χ1n) is 1.97. The predicted molar refractivity (Wildman–Crippen MR) is 41.7 cm³/mol. The molecule has 4 heteroatoms. The number of hydrogen-bond acceptors (Lipinski definition) is 2. The molecule has 52 valence electrons. The predicted octanol–water partition coefficient (Wildman–Crippen LogP) is 0.304. The van der Waals surface area contributed by atoms with Gasteiger partial charge in [-0.25, -0.2) is 0 Å². The minimum Gasteiger partial charge on any atom is -0.327 e. The first kappa shape index (κ1) is 15.7. The van der Waals surface area contributed by atoms with Gasteiger partial charge in [0.25, 0.3) is 0 Å². The van der Waals surface area contributed by atoms with Crippen LogP contribution in [0.5, 0.6) is 0 Å². The van der Waals surface area contributed by atoms with E-state index in [-0.39, 0.29) is 24.8 Å². The molecule has 0 heterocycles. The summed E-state index contributed by atoms with van der Waals surface area (Å²) in [6, 6.07) is 0. The molecule has 0 amide bonds. The average molecular weight is 159 g/mol. The topological polar surface area (TPSA) is 52.0 Å². The van der Waals surface area contributed by atoms with Gasteiger partial charge in [-0.05, 0) is 0 Å². The van der Waals surface area contributed by atoms with E-state index in [0.717, 1.165) is 0 Å². The lowest BCUT2D eigenvalue weighted by Gasteiger charge is -1.74. The maximum atomic E-state index is 5.07. The maximum absolute atomic E-state index is 5.07. The summed E-state index contributed by atoms with van der Waals surface area (Å²) >= 11 is 0. The van der Waals surface area contributed by atoms with Crippen LogP contribution in [0.25, 0.3) is 0 Å². The molecule has 0 rings (SSSR count). The van der Waals surface area contributed by atoms with Gasteiger partial charge in [0.1, 0.15) is 0 Å². The fourth-order valence-electron chi connectivity index (χ4n) is 0.192. The van der Waals surface area contributed by atoms with E-state index >= 15 is 0 Å². The Morgan fingerprint density at radius 3 is 1.25 bits per heavy atom. The molecule has 0 aliphatic heterocycles. The summed E-state index contributed by atoms with van der Waals surface area (Å²) in [5.41, 5.74) is 10.1. The van der Waals surface area contributed by atoms with Gasteiger partial charge < -0.3 is 11.5 Å². The van der Waals surface area contributed by atoms with Gasteiger partial charge >= 0.3 is 0 Å². The molecule has 0 saturated carbocycles. The van der Waals surface area contributed by atoms with Crippen LogP contribution in [0, 0.1) is 0 Å². The second-order valence-corrected chi connectivity index (χ2v) is 0.943. The molecular weight excluding hydrogens is 147 g/mol. The molecule has 0 aliphatic carbocycles. The Hall–Kier alpha value is 0.240. The van der Waals surface area contributed by atoms with Crippen LogP contribution < -0.4 is 11.5 Å². The van der Waals surface area contributed by atoms with Crippen molar-refractivity contribution >= 4 is 24.8 Å². The second kappa shape index (κ2) is 15.7. The van der Waals surface area contributed by atoms with Crippen LogP contribution in [0.1, 0.15) is 0 Å². The van der Waals surface area contributed by atoms with Gasteiger partial charge in [-0.1, -0.05) is 12.2 Å². The third-order valence-corrected chi connectivity index (χ3v) is 0.439. The molecule has 0 saturated heterocycles. The van der Waals surface area contributed by atoms with Crippen molar-refractivity contribution in [2.75, 3.05) is 13.1 Å². The van der Waals surface area contributed by atoms with Gasteiger partial charge in [0.05, 0.1) is 0 Å². The molecule has 0 bridgehead atoms. The lowest BCUT2D eigenvalue weighted by atomic mass is 10.5. The van der Waals surface area contributed by atoms with Gasteiger partial charge in [0.15, 0.2) is 0 Å². The summed E-state index contributed by atoms with van der Waals surface area (Å²) in [4.78, 5) is 0. The second-order valence-electron chi connectivity index (χ2n) is 0.943. The van der Waals surface area contributed by atoms with E-state index in [0.29, 0.717) is 13.1 Å². The zero-order chi connectivity index (χ0) is 4.83. The number of nitrogens with two attached hydrogens (primary N) is 2. The molecule has 0 aliphatic rings. The van der Waals surface area contributed by atoms with E-state index in [1.54, 1.807) is 0 Å². The van der Waals surface area contributed by atoms with Crippen molar-refractivity contribution in [3.8, 4) is 0 Å². The molecule has 0 fully saturated rings. The molecule has 0 aromatic heterocycles. The van der Waals surface area contributed by atoms with Crippen LogP contribution in [-0.4, -0.2) is 13.1 Å². The molecule has 0 aromatic carbocycles. The lowest BCUT2D eigenvalue weighted by molar-refractivity contribution is 1.20. The van der Waals surface area contributed by atoms with Crippen LogP contribution >= 0.6 is 24.8 Å². The van der Waals surface area contributed by atoms with Gasteiger partial charge in [0.2, 0.25) is 0 Å². The van der Waals surface area contributed by atoms with E-state index in [2.05, 4.69) is 0 Å². The number of rotatable bonds is 2. The highest BCUT2D eigenvalue weighted by molar-refractivity contribution is 5.85. The van der Waals surface area contributed by atoms with Crippen LogP contribution in [0.3, 0.4) is 0 Å². The monoisotopic (exact) mass is 158 g/mol. The first-order chi connectivity index (χ1) is 2.91. The van der Waals surface area contributed by atoms with Gasteiger partial charge in [-0.3, -0.25) is 0 Å². The zero-order valence-electron chi connectivity index (χ0n) is 4.54. The van der Waals surface area contributed by atoms with Crippen LogP contribution in [-0.2, 0) is 0 Å². The largest absolute Gasteiger partial charge is 0.327 e. The molecule has 0 unspecified atom stereocenters. The molecule has 8 heavy (non-hydrogen) atoms. The summed E-state index contributed by atoms with van der Waals surface area (Å²) in [6.07, 6.45) is 3.67. The molecule has 0 radical (unpaired) electrons. The van der Waals surface area contributed by atoms with Crippen molar-refractivity contribution in [3.63, 3.8) is 0 Å². The Morgan fingerprint density at radius 2 is 1.12 bits per heavy atom. The molecule has 4 N–H and O–H groups in total. The lowest BCUT2D eigenvalue weighted by Crippen LogP contribution is -1.97. The summed E-state index contributed by atoms with van der Waals surface area (Å²) in [6.45, 7) is 1.19. The molecule has 0 aromatic rings. The number of hydrogen-bond donors (Lipinski definition) is 2. The molecule has 0 atom stereocenters. The quantitative estimate of drug-likeness (QED) is 0.569. The molecule has 0 spiro atoms. The summed E-state index contributed by atoms with van der Waals surface area (Å²) in [5.74, 6) is 0. The molecule has 2 nitrogen and oxygen atoms in total. The third-order valence-electron chi connectivity index (χ3n) is 0.439. The van der Waals surface area contributed by atoms with E-state index in [9.17, 15) is 0 Å². The Morgan fingerprint density at radius 1 is 0.875 bits per heavy atom. The summed E-state index contributed by atoms with van der Waals surface area (Å²) in [5, 5.41) is 0. The third kappa shape index (κ3) is 16.3. The summed E-state index contributed by atoms with van der Waals surface area (Å²) < 4.78 is 0. The average Bonchev–Trinajstić information content (AvgIpc) is 1.61. The van der Waals surface area contributed by atoms with Crippen molar-refractivity contribution in [1.29, 1.82) is 0 Å².